The van der Waals surface area contributed by atoms with Crippen LogP contribution in [0.3, 0.4) is 0 Å². The molecule has 0 saturated carbocycles. The van der Waals surface area contributed by atoms with Gasteiger partial charge >= 0.3 is 5.63 Å². The summed E-state index contributed by atoms with van der Waals surface area (Å²) in [4.78, 5) is 12.3. The number of rotatable bonds is 2. The highest BCUT2D eigenvalue weighted by Crippen LogP contribution is 2.36. The topological polar surface area (TPSA) is 48.7 Å². The van der Waals surface area contributed by atoms with Crippen molar-refractivity contribution >= 4 is 32.5 Å². The molecular weight excluding hydrogens is 292 g/mol. The molecule has 114 valence electrons. The van der Waals surface area contributed by atoms with Crippen LogP contribution in [0.15, 0.2) is 57.7 Å². The zero-order valence-electron chi connectivity index (χ0n) is 12.8. The second kappa shape index (κ2) is 5.02. The molecule has 0 aliphatic heterocycles. The van der Waals surface area contributed by atoms with Crippen LogP contribution in [-0.2, 0) is 0 Å². The Morgan fingerprint density at radius 2 is 1.48 bits per heavy atom. The van der Waals surface area contributed by atoms with Gasteiger partial charge in [-0.05, 0) is 35.0 Å². The third-order valence-corrected chi connectivity index (χ3v) is 4.11. The van der Waals surface area contributed by atoms with Gasteiger partial charge in [-0.2, -0.15) is 0 Å². The molecule has 0 aliphatic rings. The molecule has 0 unspecified atom stereocenters. The summed E-state index contributed by atoms with van der Waals surface area (Å²) >= 11 is 0. The summed E-state index contributed by atoms with van der Waals surface area (Å²) in [5, 5.41) is 4.12. The zero-order chi connectivity index (χ0) is 16.0. The Hall–Kier alpha value is -3.01. The van der Waals surface area contributed by atoms with E-state index >= 15 is 0 Å². The summed E-state index contributed by atoms with van der Waals surface area (Å²) in [7, 11) is 3.18. The Bertz CT molecular complexity index is 1110. The van der Waals surface area contributed by atoms with Crippen LogP contribution >= 0.6 is 0 Å². The van der Waals surface area contributed by atoms with Crippen LogP contribution in [0.25, 0.3) is 32.5 Å². The minimum absolute atomic E-state index is 0.338. The summed E-state index contributed by atoms with van der Waals surface area (Å²) in [5.74, 6) is 1.24. The summed E-state index contributed by atoms with van der Waals surface area (Å²) in [5.41, 5.74) is 0.225. The van der Waals surface area contributed by atoms with Crippen LogP contribution in [0.5, 0.6) is 11.5 Å². The fraction of sp³-hybridized carbons (Fsp3) is 0.105. The average molecular weight is 306 g/mol. The molecule has 0 N–H and O–H groups in total. The number of fused-ring (bicyclic) bond motifs is 5. The smallest absolute Gasteiger partial charge is 0.344 e. The van der Waals surface area contributed by atoms with Gasteiger partial charge in [-0.15, -0.1) is 0 Å². The van der Waals surface area contributed by atoms with E-state index in [0.717, 1.165) is 21.5 Å². The first-order valence-electron chi connectivity index (χ1n) is 7.23. The highest BCUT2D eigenvalue weighted by atomic mass is 16.5. The lowest BCUT2D eigenvalue weighted by Crippen LogP contribution is -2.00. The molecule has 0 radical (unpaired) electrons. The molecular formula is C19H14O4. The molecule has 1 heterocycles. The van der Waals surface area contributed by atoms with E-state index in [1.165, 1.54) is 0 Å². The lowest BCUT2D eigenvalue weighted by Gasteiger charge is -2.11. The number of benzene rings is 3. The Labute approximate surface area is 131 Å². The molecule has 4 nitrogen and oxygen atoms in total. The van der Waals surface area contributed by atoms with Crippen molar-refractivity contribution in [3.8, 4) is 11.5 Å². The minimum Gasteiger partial charge on any atom is -0.493 e. The van der Waals surface area contributed by atoms with Gasteiger partial charge in [-0.3, -0.25) is 0 Å². The molecule has 0 aliphatic carbocycles. The predicted molar refractivity (Wildman–Crippen MR) is 90.6 cm³/mol. The number of hydrogen-bond acceptors (Lipinski definition) is 4. The molecule has 0 amide bonds. The SMILES string of the molecule is COc1cc2ccc3c4ccccc4c(=O)oc3c2cc1OC. The monoisotopic (exact) mass is 306 g/mol. The molecule has 0 fully saturated rings. The van der Waals surface area contributed by atoms with Crippen molar-refractivity contribution in [1.29, 1.82) is 0 Å². The lowest BCUT2D eigenvalue weighted by atomic mass is 10.0. The predicted octanol–water partition coefficient (Wildman–Crippen LogP) is 4.12. The molecule has 4 heteroatoms. The first kappa shape index (κ1) is 13.6. The van der Waals surface area contributed by atoms with Gasteiger partial charge in [0.05, 0.1) is 19.6 Å². The van der Waals surface area contributed by atoms with E-state index in [1.54, 1.807) is 20.3 Å². The first-order chi connectivity index (χ1) is 11.2. The largest absolute Gasteiger partial charge is 0.493 e. The fourth-order valence-electron chi connectivity index (χ4n) is 2.99. The fourth-order valence-corrected chi connectivity index (χ4v) is 2.99. The Morgan fingerprint density at radius 3 is 2.22 bits per heavy atom. The minimum atomic E-state index is -0.338. The maximum atomic E-state index is 12.3. The number of methoxy groups -OCH3 is 2. The van der Waals surface area contributed by atoms with Crippen molar-refractivity contribution in [1.82, 2.24) is 0 Å². The van der Waals surface area contributed by atoms with E-state index in [0.29, 0.717) is 22.5 Å². The molecule has 23 heavy (non-hydrogen) atoms. The normalized spacial score (nSPS) is 11.2. The van der Waals surface area contributed by atoms with Crippen LogP contribution < -0.4 is 15.1 Å². The molecule has 0 spiro atoms. The molecule has 4 aromatic rings. The van der Waals surface area contributed by atoms with Crippen LogP contribution in [0.2, 0.25) is 0 Å². The Balaban J connectivity index is 2.22. The van der Waals surface area contributed by atoms with Gasteiger partial charge in [0.2, 0.25) is 0 Å². The highest BCUT2D eigenvalue weighted by Gasteiger charge is 2.13. The van der Waals surface area contributed by atoms with Gasteiger partial charge in [0.15, 0.2) is 11.5 Å². The number of hydrogen-bond donors (Lipinski definition) is 0. The van der Waals surface area contributed by atoms with Crippen molar-refractivity contribution < 1.29 is 13.9 Å². The third kappa shape index (κ3) is 1.95. The van der Waals surface area contributed by atoms with Crippen LogP contribution in [0.4, 0.5) is 0 Å². The van der Waals surface area contributed by atoms with E-state index in [4.69, 9.17) is 13.9 Å². The quantitative estimate of drug-likeness (QED) is 0.413. The van der Waals surface area contributed by atoms with Crippen molar-refractivity contribution in [3.05, 3.63) is 59.0 Å². The molecule has 4 rings (SSSR count). The lowest BCUT2D eigenvalue weighted by molar-refractivity contribution is 0.356. The molecule has 0 bridgehead atoms. The van der Waals surface area contributed by atoms with Gasteiger partial charge in [0, 0.05) is 10.8 Å². The van der Waals surface area contributed by atoms with E-state index in [9.17, 15) is 4.79 Å². The van der Waals surface area contributed by atoms with Gasteiger partial charge in [-0.25, -0.2) is 4.79 Å². The summed E-state index contributed by atoms with van der Waals surface area (Å²) in [6.07, 6.45) is 0. The molecule has 1 aromatic heterocycles. The maximum absolute atomic E-state index is 12.3. The van der Waals surface area contributed by atoms with E-state index in [-0.39, 0.29) is 5.63 Å². The zero-order valence-corrected chi connectivity index (χ0v) is 12.8. The van der Waals surface area contributed by atoms with Crippen LogP contribution in [0, 0.1) is 0 Å². The van der Waals surface area contributed by atoms with Crippen molar-refractivity contribution in [3.63, 3.8) is 0 Å². The van der Waals surface area contributed by atoms with Gasteiger partial charge < -0.3 is 13.9 Å². The summed E-state index contributed by atoms with van der Waals surface area (Å²) < 4.78 is 16.3. The van der Waals surface area contributed by atoms with Crippen LogP contribution in [0.1, 0.15) is 0 Å². The van der Waals surface area contributed by atoms with Crippen LogP contribution in [-0.4, -0.2) is 14.2 Å². The average Bonchev–Trinajstić information content (AvgIpc) is 2.60. The van der Waals surface area contributed by atoms with Gasteiger partial charge in [0.25, 0.3) is 0 Å². The second-order valence-electron chi connectivity index (χ2n) is 5.31. The van der Waals surface area contributed by atoms with E-state index in [1.807, 2.05) is 42.5 Å². The second-order valence-corrected chi connectivity index (χ2v) is 5.31. The van der Waals surface area contributed by atoms with E-state index in [2.05, 4.69) is 0 Å². The van der Waals surface area contributed by atoms with Gasteiger partial charge in [0.1, 0.15) is 5.58 Å². The highest BCUT2D eigenvalue weighted by molar-refractivity contribution is 6.14. The Morgan fingerprint density at radius 1 is 0.783 bits per heavy atom. The van der Waals surface area contributed by atoms with Crippen molar-refractivity contribution in [2.45, 2.75) is 0 Å². The van der Waals surface area contributed by atoms with Gasteiger partial charge in [-0.1, -0.05) is 24.3 Å². The molecule has 3 aromatic carbocycles. The molecule has 0 saturated heterocycles. The summed E-state index contributed by atoms with van der Waals surface area (Å²) in [6.45, 7) is 0. The van der Waals surface area contributed by atoms with E-state index < -0.39 is 0 Å². The first-order valence-corrected chi connectivity index (χ1v) is 7.23. The third-order valence-electron chi connectivity index (χ3n) is 4.11. The van der Waals surface area contributed by atoms with Crippen molar-refractivity contribution in [2.75, 3.05) is 14.2 Å². The standard InChI is InChI=1S/C19H14O4/c1-21-16-9-11-7-8-13-12-5-3-4-6-14(12)19(20)23-18(13)15(11)10-17(16)22-2/h3-10H,1-2H3. The maximum Gasteiger partial charge on any atom is 0.344 e. The van der Waals surface area contributed by atoms with Crippen molar-refractivity contribution in [2.24, 2.45) is 0 Å². The Kier molecular flexibility index (Phi) is 2.98. The summed E-state index contributed by atoms with van der Waals surface area (Å²) in [6, 6.07) is 15.1. The number of ether oxygens (including phenoxy) is 2. The molecule has 0 atom stereocenters.